The van der Waals surface area contributed by atoms with Gasteiger partial charge < -0.3 is 15.2 Å². The van der Waals surface area contributed by atoms with Crippen molar-refractivity contribution in [2.75, 3.05) is 31.6 Å². The molecular formula is C23H26FN5O2. The normalized spacial score (nSPS) is 22.5. The molecule has 0 atom stereocenters. The van der Waals surface area contributed by atoms with Gasteiger partial charge in [-0.05, 0) is 37.8 Å². The van der Waals surface area contributed by atoms with E-state index in [2.05, 4.69) is 25.2 Å². The number of nitrogens with zero attached hydrogens (tertiary/aromatic N) is 4. The van der Waals surface area contributed by atoms with E-state index in [1.807, 2.05) is 0 Å². The van der Waals surface area contributed by atoms with Crippen molar-refractivity contribution in [2.24, 2.45) is 0 Å². The van der Waals surface area contributed by atoms with Gasteiger partial charge in [0.1, 0.15) is 23.7 Å². The molecule has 2 fully saturated rings. The van der Waals surface area contributed by atoms with Crippen LogP contribution in [-0.2, 0) is 4.74 Å². The lowest BCUT2D eigenvalue weighted by Gasteiger charge is -2.39. The summed E-state index contributed by atoms with van der Waals surface area (Å²) in [7, 11) is 0. The summed E-state index contributed by atoms with van der Waals surface area (Å²) in [6.07, 6.45) is 8.76. The Morgan fingerprint density at radius 3 is 2.61 bits per heavy atom. The van der Waals surface area contributed by atoms with Gasteiger partial charge in [0, 0.05) is 53.9 Å². The van der Waals surface area contributed by atoms with Crippen LogP contribution >= 0.6 is 0 Å². The minimum Gasteiger partial charge on any atom is -0.506 e. The van der Waals surface area contributed by atoms with Crippen LogP contribution in [0.3, 0.4) is 0 Å². The summed E-state index contributed by atoms with van der Waals surface area (Å²) in [5.74, 6) is 0.307. The molecular weight excluding hydrogens is 397 g/mol. The molecule has 8 heteroatoms. The van der Waals surface area contributed by atoms with Crippen molar-refractivity contribution < 1.29 is 14.2 Å². The molecule has 2 aliphatic rings. The molecule has 1 aliphatic carbocycles. The van der Waals surface area contributed by atoms with Crippen molar-refractivity contribution in [3.8, 4) is 16.9 Å². The van der Waals surface area contributed by atoms with Crippen molar-refractivity contribution in [1.29, 1.82) is 0 Å². The van der Waals surface area contributed by atoms with Gasteiger partial charge in [-0.1, -0.05) is 0 Å². The molecule has 0 bridgehead atoms. The highest BCUT2D eigenvalue weighted by Crippen LogP contribution is 2.32. The fourth-order valence-corrected chi connectivity index (χ4v) is 4.71. The zero-order chi connectivity index (χ0) is 21.2. The molecule has 0 radical (unpaired) electrons. The summed E-state index contributed by atoms with van der Waals surface area (Å²) < 4.78 is 20.2. The Bertz CT molecular complexity index is 1070. The van der Waals surface area contributed by atoms with E-state index in [1.54, 1.807) is 6.07 Å². The smallest absolute Gasteiger partial charge is 0.137 e. The molecule has 5 rings (SSSR count). The fraction of sp³-hybridized carbons (Fsp3) is 0.435. The van der Waals surface area contributed by atoms with Crippen LogP contribution in [0.25, 0.3) is 22.0 Å². The number of rotatable bonds is 4. The Kier molecular flexibility index (Phi) is 5.65. The van der Waals surface area contributed by atoms with E-state index >= 15 is 0 Å². The molecule has 3 aromatic rings. The predicted molar refractivity (Wildman–Crippen MR) is 116 cm³/mol. The van der Waals surface area contributed by atoms with Crippen molar-refractivity contribution in [3.05, 3.63) is 42.7 Å². The lowest BCUT2D eigenvalue weighted by Crippen LogP contribution is -2.46. The summed E-state index contributed by atoms with van der Waals surface area (Å²) in [5.41, 5.74) is 1.43. The van der Waals surface area contributed by atoms with Gasteiger partial charge in [-0.2, -0.15) is 0 Å². The van der Waals surface area contributed by atoms with E-state index in [0.29, 0.717) is 34.5 Å². The molecule has 162 valence electrons. The average molecular weight is 423 g/mol. The quantitative estimate of drug-likeness (QED) is 0.663. The average Bonchev–Trinajstić information content (AvgIpc) is 2.80. The second-order valence-electron chi connectivity index (χ2n) is 8.30. The number of nitrogens with one attached hydrogen (secondary N) is 1. The van der Waals surface area contributed by atoms with Gasteiger partial charge in [0.05, 0.1) is 24.9 Å². The molecule has 3 heterocycles. The van der Waals surface area contributed by atoms with Gasteiger partial charge in [-0.3, -0.25) is 9.88 Å². The van der Waals surface area contributed by atoms with Gasteiger partial charge in [0.25, 0.3) is 0 Å². The van der Waals surface area contributed by atoms with Crippen LogP contribution in [-0.4, -0.2) is 63.3 Å². The molecule has 1 aliphatic heterocycles. The zero-order valence-corrected chi connectivity index (χ0v) is 17.3. The van der Waals surface area contributed by atoms with Gasteiger partial charge in [-0.15, -0.1) is 0 Å². The van der Waals surface area contributed by atoms with Crippen LogP contribution in [0.15, 0.2) is 36.9 Å². The van der Waals surface area contributed by atoms with E-state index in [4.69, 9.17) is 4.74 Å². The monoisotopic (exact) mass is 423 g/mol. The van der Waals surface area contributed by atoms with Gasteiger partial charge >= 0.3 is 0 Å². The Morgan fingerprint density at radius 2 is 1.84 bits per heavy atom. The second kappa shape index (κ2) is 8.72. The number of ether oxygens (including phenoxy) is 1. The lowest BCUT2D eigenvalue weighted by molar-refractivity contribution is 0.00791. The number of morpholine rings is 1. The topological polar surface area (TPSA) is 83.4 Å². The summed E-state index contributed by atoms with van der Waals surface area (Å²) >= 11 is 0. The molecule has 1 aromatic carbocycles. The van der Waals surface area contributed by atoms with Gasteiger partial charge in [-0.25, -0.2) is 14.4 Å². The number of benzene rings is 1. The molecule has 2 N–H and O–H groups in total. The third kappa shape index (κ3) is 4.31. The molecule has 1 saturated heterocycles. The van der Waals surface area contributed by atoms with Crippen LogP contribution in [0.5, 0.6) is 5.75 Å². The SMILES string of the molecule is Oc1cncc(-c2cc3c(N[C@H]4CC[C@H](N5CCOCC5)CC4)ncnc3cc2F)c1. The maximum Gasteiger partial charge on any atom is 0.137 e. The first-order valence-electron chi connectivity index (χ1n) is 10.8. The van der Waals surface area contributed by atoms with Crippen molar-refractivity contribution in [2.45, 2.75) is 37.8 Å². The Balaban J connectivity index is 1.36. The third-order valence-electron chi connectivity index (χ3n) is 6.36. The first kappa shape index (κ1) is 20.1. The second-order valence-corrected chi connectivity index (χ2v) is 8.30. The van der Waals surface area contributed by atoms with E-state index in [9.17, 15) is 9.50 Å². The highest BCUT2D eigenvalue weighted by Gasteiger charge is 2.27. The molecule has 2 aromatic heterocycles. The van der Waals surface area contributed by atoms with E-state index in [1.165, 1.54) is 30.9 Å². The fourth-order valence-electron chi connectivity index (χ4n) is 4.71. The molecule has 1 saturated carbocycles. The van der Waals surface area contributed by atoms with E-state index in [-0.39, 0.29) is 5.75 Å². The summed E-state index contributed by atoms with van der Waals surface area (Å²) in [5, 5.41) is 14.1. The van der Waals surface area contributed by atoms with Crippen molar-refractivity contribution in [3.63, 3.8) is 0 Å². The van der Waals surface area contributed by atoms with Crippen LogP contribution in [0, 0.1) is 5.82 Å². The number of fused-ring (bicyclic) bond motifs is 1. The largest absolute Gasteiger partial charge is 0.506 e. The van der Waals surface area contributed by atoms with Crippen LogP contribution in [0.2, 0.25) is 0 Å². The number of aromatic nitrogens is 3. The van der Waals surface area contributed by atoms with Crippen LogP contribution < -0.4 is 5.32 Å². The van der Waals surface area contributed by atoms with Gasteiger partial charge in [0.2, 0.25) is 0 Å². The third-order valence-corrected chi connectivity index (χ3v) is 6.36. The summed E-state index contributed by atoms with van der Waals surface area (Å²) in [6, 6.07) is 5.61. The highest BCUT2D eigenvalue weighted by atomic mass is 19.1. The first-order valence-corrected chi connectivity index (χ1v) is 10.8. The molecule has 31 heavy (non-hydrogen) atoms. The number of pyridine rings is 1. The Morgan fingerprint density at radius 1 is 1.03 bits per heavy atom. The summed E-state index contributed by atoms with van der Waals surface area (Å²) in [6.45, 7) is 3.71. The maximum atomic E-state index is 14.7. The number of anilines is 1. The van der Waals surface area contributed by atoms with Crippen molar-refractivity contribution >= 4 is 16.7 Å². The number of hydrogen-bond acceptors (Lipinski definition) is 7. The molecule has 0 unspecified atom stereocenters. The van der Waals surface area contributed by atoms with Crippen LogP contribution in [0.4, 0.5) is 10.2 Å². The standard InChI is InChI=1S/C23H26FN5O2/c24-21-11-22-20(10-19(21)15-9-18(30)13-25-12-15)23(27-14-26-22)28-16-1-3-17(4-2-16)29-5-7-31-8-6-29/h9-14,16-17,30H,1-8H2,(H,26,27,28)/t16-,17-. The first-order chi connectivity index (χ1) is 15.2. The highest BCUT2D eigenvalue weighted by molar-refractivity contribution is 5.92. The molecule has 7 nitrogen and oxygen atoms in total. The Labute approximate surface area is 180 Å². The van der Waals surface area contributed by atoms with Gasteiger partial charge in [0.15, 0.2) is 0 Å². The molecule has 0 amide bonds. The minimum absolute atomic E-state index is 0.00307. The number of halogens is 1. The Hall–Kier alpha value is -2.84. The number of aromatic hydroxyl groups is 1. The number of hydrogen-bond donors (Lipinski definition) is 2. The van der Waals surface area contributed by atoms with Crippen LogP contribution in [0.1, 0.15) is 25.7 Å². The maximum absolute atomic E-state index is 14.7. The zero-order valence-electron chi connectivity index (χ0n) is 17.3. The van der Waals surface area contributed by atoms with E-state index < -0.39 is 5.82 Å². The minimum atomic E-state index is -0.407. The lowest BCUT2D eigenvalue weighted by atomic mass is 9.90. The van der Waals surface area contributed by atoms with Crippen molar-refractivity contribution in [1.82, 2.24) is 19.9 Å². The summed E-state index contributed by atoms with van der Waals surface area (Å²) in [4.78, 5) is 15.2. The predicted octanol–water partition coefficient (Wildman–Crippen LogP) is 3.59. The van der Waals surface area contributed by atoms with E-state index in [0.717, 1.165) is 57.4 Å². The molecule has 0 spiro atoms.